The zero-order valence-corrected chi connectivity index (χ0v) is 8.73. The smallest absolute Gasteiger partial charge is 0.225 e. The summed E-state index contributed by atoms with van der Waals surface area (Å²) >= 11 is 3.32. The van der Waals surface area contributed by atoms with E-state index in [1.54, 1.807) is 10.6 Å². The van der Waals surface area contributed by atoms with Gasteiger partial charge in [0.2, 0.25) is 5.91 Å². The second kappa shape index (κ2) is 3.38. The zero-order chi connectivity index (χ0) is 10.1. The summed E-state index contributed by atoms with van der Waals surface area (Å²) < 4.78 is 2.63. The Balaban J connectivity index is 2.55. The Morgan fingerprint density at radius 2 is 2.29 bits per heavy atom. The van der Waals surface area contributed by atoms with Gasteiger partial charge in [0.1, 0.15) is 5.82 Å². The molecule has 0 saturated heterocycles. The first kappa shape index (κ1) is 9.14. The maximum Gasteiger partial charge on any atom is 0.225 e. The number of primary amides is 1. The molecular weight excluding hydrogens is 248 g/mol. The monoisotopic (exact) mass is 254 g/mol. The molecule has 2 heterocycles. The number of amides is 1. The number of carbonyl (C=O) groups is 1. The van der Waals surface area contributed by atoms with Gasteiger partial charge in [0.25, 0.3) is 0 Å². The van der Waals surface area contributed by atoms with Gasteiger partial charge >= 0.3 is 0 Å². The van der Waals surface area contributed by atoms with Crippen molar-refractivity contribution in [1.82, 2.24) is 14.6 Å². The number of carbonyl (C=O) groups excluding carboxylic acids is 1. The fourth-order valence-electron chi connectivity index (χ4n) is 1.19. The summed E-state index contributed by atoms with van der Waals surface area (Å²) in [4.78, 5) is 10.7. The van der Waals surface area contributed by atoms with E-state index in [0.29, 0.717) is 11.5 Å². The SMILES string of the molecule is NC(=O)Cc1nnc2ccc(Br)cn12. The number of hydrogen-bond donors (Lipinski definition) is 1. The van der Waals surface area contributed by atoms with Crippen LogP contribution in [0.15, 0.2) is 22.8 Å². The van der Waals surface area contributed by atoms with Gasteiger partial charge in [-0.2, -0.15) is 0 Å². The average Bonchev–Trinajstić information content (AvgIpc) is 2.47. The Morgan fingerprint density at radius 3 is 3.00 bits per heavy atom. The number of nitrogens with two attached hydrogens (primary N) is 1. The van der Waals surface area contributed by atoms with Gasteiger partial charge in [0.05, 0.1) is 6.42 Å². The minimum Gasteiger partial charge on any atom is -0.369 e. The van der Waals surface area contributed by atoms with E-state index in [1.165, 1.54) is 0 Å². The van der Waals surface area contributed by atoms with Crippen LogP contribution in [-0.2, 0) is 11.2 Å². The highest BCUT2D eigenvalue weighted by Gasteiger charge is 2.07. The van der Waals surface area contributed by atoms with Gasteiger partial charge < -0.3 is 5.73 Å². The normalized spacial score (nSPS) is 10.6. The van der Waals surface area contributed by atoms with Crippen molar-refractivity contribution in [1.29, 1.82) is 0 Å². The minimum atomic E-state index is -0.417. The minimum absolute atomic E-state index is 0.0949. The Kier molecular flexibility index (Phi) is 2.20. The number of halogens is 1. The summed E-state index contributed by atoms with van der Waals surface area (Å²) in [7, 11) is 0. The van der Waals surface area contributed by atoms with Crippen LogP contribution in [0, 0.1) is 0 Å². The molecule has 0 bridgehead atoms. The maximum absolute atomic E-state index is 10.7. The molecule has 14 heavy (non-hydrogen) atoms. The Labute approximate surface area is 88.1 Å². The lowest BCUT2D eigenvalue weighted by Crippen LogP contribution is -2.15. The summed E-state index contributed by atoms with van der Waals surface area (Å²) in [5, 5.41) is 7.77. The molecule has 0 aliphatic rings. The van der Waals surface area contributed by atoms with Crippen LogP contribution < -0.4 is 5.73 Å². The Hall–Kier alpha value is -1.43. The van der Waals surface area contributed by atoms with Crippen LogP contribution in [0.25, 0.3) is 5.65 Å². The van der Waals surface area contributed by atoms with E-state index in [-0.39, 0.29) is 6.42 Å². The first-order valence-electron chi connectivity index (χ1n) is 3.94. The first-order chi connectivity index (χ1) is 6.66. The number of pyridine rings is 1. The number of fused-ring (bicyclic) bond motifs is 1. The molecule has 72 valence electrons. The van der Waals surface area contributed by atoms with E-state index in [1.807, 2.05) is 12.1 Å². The topological polar surface area (TPSA) is 73.3 Å². The molecule has 0 spiro atoms. The lowest BCUT2D eigenvalue weighted by atomic mass is 10.4. The van der Waals surface area contributed by atoms with Gasteiger partial charge in [-0.15, -0.1) is 10.2 Å². The lowest BCUT2D eigenvalue weighted by Gasteiger charge is -1.97. The van der Waals surface area contributed by atoms with Crippen LogP contribution >= 0.6 is 15.9 Å². The van der Waals surface area contributed by atoms with Crippen LogP contribution in [0.3, 0.4) is 0 Å². The van der Waals surface area contributed by atoms with Crippen molar-refractivity contribution >= 4 is 27.5 Å². The van der Waals surface area contributed by atoms with Crippen molar-refractivity contribution in [2.75, 3.05) is 0 Å². The second-order valence-corrected chi connectivity index (χ2v) is 3.75. The van der Waals surface area contributed by atoms with Crippen molar-refractivity contribution in [3.8, 4) is 0 Å². The van der Waals surface area contributed by atoms with Gasteiger partial charge in [0, 0.05) is 10.7 Å². The largest absolute Gasteiger partial charge is 0.369 e. The molecule has 2 aromatic heterocycles. The van der Waals surface area contributed by atoms with E-state index in [9.17, 15) is 4.79 Å². The van der Waals surface area contributed by atoms with Gasteiger partial charge in [-0.3, -0.25) is 9.20 Å². The predicted molar refractivity (Wildman–Crippen MR) is 53.6 cm³/mol. The van der Waals surface area contributed by atoms with E-state index >= 15 is 0 Å². The molecular formula is C8H7BrN4O. The van der Waals surface area contributed by atoms with Crippen LogP contribution in [0.1, 0.15) is 5.82 Å². The number of rotatable bonds is 2. The molecule has 1 amide bonds. The fourth-order valence-corrected chi connectivity index (χ4v) is 1.53. The molecule has 0 radical (unpaired) electrons. The highest BCUT2D eigenvalue weighted by atomic mass is 79.9. The molecule has 2 rings (SSSR count). The fraction of sp³-hybridized carbons (Fsp3) is 0.125. The molecule has 0 fully saturated rings. The summed E-state index contributed by atoms with van der Waals surface area (Å²) in [6.45, 7) is 0. The predicted octanol–water partition coefficient (Wildman–Crippen LogP) is 0.520. The molecule has 6 heteroatoms. The summed E-state index contributed by atoms with van der Waals surface area (Å²) in [5.74, 6) is 0.132. The van der Waals surface area contributed by atoms with E-state index in [2.05, 4.69) is 26.1 Å². The van der Waals surface area contributed by atoms with Crippen LogP contribution in [0.5, 0.6) is 0 Å². The van der Waals surface area contributed by atoms with Crippen LogP contribution in [-0.4, -0.2) is 20.5 Å². The molecule has 0 aliphatic carbocycles. The maximum atomic E-state index is 10.7. The third kappa shape index (κ3) is 1.60. The lowest BCUT2D eigenvalue weighted by molar-refractivity contribution is -0.117. The summed E-state index contributed by atoms with van der Waals surface area (Å²) in [6.07, 6.45) is 1.89. The van der Waals surface area contributed by atoms with E-state index in [4.69, 9.17) is 5.73 Å². The molecule has 2 aromatic rings. The third-order valence-corrected chi connectivity index (χ3v) is 2.24. The van der Waals surface area contributed by atoms with Gasteiger partial charge in [-0.05, 0) is 28.1 Å². The molecule has 0 unspecified atom stereocenters. The number of nitrogens with zero attached hydrogens (tertiary/aromatic N) is 3. The Morgan fingerprint density at radius 1 is 1.50 bits per heavy atom. The van der Waals surface area contributed by atoms with Crippen LogP contribution in [0.4, 0.5) is 0 Å². The van der Waals surface area contributed by atoms with Crippen molar-refractivity contribution in [3.63, 3.8) is 0 Å². The second-order valence-electron chi connectivity index (χ2n) is 2.83. The molecule has 5 nitrogen and oxygen atoms in total. The summed E-state index contributed by atoms with van der Waals surface area (Å²) in [5.41, 5.74) is 5.78. The first-order valence-corrected chi connectivity index (χ1v) is 4.73. The van der Waals surface area contributed by atoms with E-state index in [0.717, 1.165) is 4.47 Å². The highest BCUT2D eigenvalue weighted by molar-refractivity contribution is 9.10. The van der Waals surface area contributed by atoms with Crippen LogP contribution in [0.2, 0.25) is 0 Å². The van der Waals surface area contributed by atoms with Gasteiger partial charge in [-0.25, -0.2) is 0 Å². The Bertz CT molecular complexity index is 493. The van der Waals surface area contributed by atoms with Crippen molar-refractivity contribution in [2.24, 2.45) is 5.73 Å². The van der Waals surface area contributed by atoms with E-state index < -0.39 is 5.91 Å². The standard InChI is InChI=1S/C8H7BrN4O/c9-5-1-2-7-11-12-8(3-6(10)14)13(7)4-5/h1-2,4H,3H2,(H2,10,14). The van der Waals surface area contributed by atoms with Crippen molar-refractivity contribution in [2.45, 2.75) is 6.42 Å². The van der Waals surface area contributed by atoms with Crippen molar-refractivity contribution in [3.05, 3.63) is 28.6 Å². The number of aromatic nitrogens is 3. The van der Waals surface area contributed by atoms with Gasteiger partial charge in [0.15, 0.2) is 5.65 Å². The molecule has 0 atom stereocenters. The summed E-state index contributed by atoms with van der Waals surface area (Å²) in [6, 6.07) is 3.67. The third-order valence-electron chi connectivity index (χ3n) is 1.77. The van der Waals surface area contributed by atoms with Crippen molar-refractivity contribution < 1.29 is 4.79 Å². The average molecular weight is 255 g/mol. The quantitative estimate of drug-likeness (QED) is 0.850. The zero-order valence-electron chi connectivity index (χ0n) is 7.14. The number of hydrogen-bond acceptors (Lipinski definition) is 3. The highest BCUT2D eigenvalue weighted by Crippen LogP contribution is 2.12. The molecule has 0 aromatic carbocycles. The molecule has 2 N–H and O–H groups in total. The van der Waals surface area contributed by atoms with Gasteiger partial charge in [-0.1, -0.05) is 0 Å². The molecule has 0 aliphatic heterocycles. The molecule has 0 saturated carbocycles.